The van der Waals surface area contributed by atoms with Gasteiger partial charge < -0.3 is 10.4 Å². The molecule has 0 aliphatic rings. The summed E-state index contributed by atoms with van der Waals surface area (Å²) in [5, 5.41) is 14.2. The number of hydrogen-bond donors (Lipinski definition) is 2. The first-order valence-electron chi connectivity index (χ1n) is 5.80. The van der Waals surface area contributed by atoms with Crippen molar-refractivity contribution in [3.05, 3.63) is 36.5 Å². The number of aliphatic hydroxyl groups is 1. The van der Waals surface area contributed by atoms with Gasteiger partial charge in [-0.15, -0.1) is 0 Å². The highest BCUT2D eigenvalue weighted by atomic mass is 16.3. The van der Waals surface area contributed by atoms with E-state index in [9.17, 15) is 5.11 Å². The van der Waals surface area contributed by atoms with E-state index in [0.717, 1.165) is 16.6 Å². The third-order valence-electron chi connectivity index (χ3n) is 3.03. The summed E-state index contributed by atoms with van der Waals surface area (Å²) in [5.41, 5.74) is 1.15. The Balaban J connectivity index is 2.25. The molecule has 0 saturated heterocycles. The SMILES string of the molecule is CC(Nc1cnc2ccccc2c1)C(C)(C)O. The van der Waals surface area contributed by atoms with Crippen molar-refractivity contribution < 1.29 is 5.11 Å². The molecule has 0 aliphatic heterocycles. The molecule has 2 N–H and O–H groups in total. The molecule has 3 heteroatoms. The molecular weight excluding hydrogens is 212 g/mol. The van der Waals surface area contributed by atoms with Gasteiger partial charge in [0.25, 0.3) is 0 Å². The molecular formula is C14H18N2O. The Morgan fingerprint density at radius 1 is 1.29 bits per heavy atom. The maximum absolute atomic E-state index is 9.88. The molecule has 0 spiro atoms. The molecule has 1 heterocycles. The van der Waals surface area contributed by atoms with Gasteiger partial charge in [0.1, 0.15) is 0 Å². The van der Waals surface area contributed by atoms with E-state index in [1.165, 1.54) is 0 Å². The molecule has 0 bridgehead atoms. The smallest absolute Gasteiger partial charge is 0.0789 e. The molecule has 1 unspecified atom stereocenters. The molecule has 17 heavy (non-hydrogen) atoms. The van der Waals surface area contributed by atoms with Crippen LogP contribution >= 0.6 is 0 Å². The number of nitrogens with zero attached hydrogens (tertiary/aromatic N) is 1. The summed E-state index contributed by atoms with van der Waals surface area (Å²) in [5.74, 6) is 0. The monoisotopic (exact) mass is 230 g/mol. The third-order valence-corrected chi connectivity index (χ3v) is 3.03. The van der Waals surface area contributed by atoms with Gasteiger partial charge in [0.2, 0.25) is 0 Å². The van der Waals surface area contributed by atoms with Crippen LogP contribution in [0.25, 0.3) is 10.9 Å². The Kier molecular flexibility index (Phi) is 3.03. The van der Waals surface area contributed by atoms with Gasteiger partial charge in [0.15, 0.2) is 0 Å². The Morgan fingerprint density at radius 2 is 2.00 bits per heavy atom. The Hall–Kier alpha value is -1.61. The maximum atomic E-state index is 9.88. The average Bonchev–Trinajstić information content (AvgIpc) is 2.27. The van der Waals surface area contributed by atoms with Crippen LogP contribution in [0.5, 0.6) is 0 Å². The quantitative estimate of drug-likeness (QED) is 0.852. The zero-order valence-corrected chi connectivity index (χ0v) is 10.4. The lowest BCUT2D eigenvalue weighted by Gasteiger charge is -2.27. The van der Waals surface area contributed by atoms with Crippen LogP contribution in [-0.4, -0.2) is 21.7 Å². The van der Waals surface area contributed by atoms with Gasteiger partial charge in [0, 0.05) is 5.39 Å². The zero-order valence-electron chi connectivity index (χ0n) is 10.4. The predicted molar refractivity (Wildman–Crippen MR) is 71.1 cm³/mol. The molecule has 2 aromatic rings. The summed E-state index contributed by atoms with van der Waals surface area (Å²) < 4.78 is 0. The highest BCUT2D eigenvalue weighted by Crippen LogP contribution is 2.19. The first-order chi connectivity index (χ1) is 7.97. The van der Waals surface area contributed by atoms with E-state index in [2.05, 4.69) is 10.3 Å². The van der Waals surface area contributed by atoms with Gasteiger partial charge in [-0.05, 0) is 32.9 Å². The molecule has 0 fully saturated rings. The molecule has 1 aromatic carbocycles. The molecule has 90 valence electrons. The normalized spacial score (nSPS) is 13.6. The summed E-state index contributed by atoms with van der Waals surface area (Å²) >= 11 is 0. The number of hydrogen-bond acceptors (Lipinski definition) is 3. The fourth-order valence-electron chi connectivity index (χ4n) is 1.58. The van der Waals surface area contributed by atoms with E-state index in [-0.39, 0.29) is 6.04 Å². The first-order valence-corrected chi connectivity index (χ1v) is 5.80. The van der Waals surface area contributed by atoms with Gasteiger partial charge in [-0.25, -0.2) is 0 Å². The standard InChI is InChI=1S/C14H18N2O/c1-10(14(2,3)17)16-12-8-11-6-4-5-7-13(11)15-9-12/h4-10,16-17H,1-3H3. The molecule has 0 saturated carbocycles. The van der Waals surface area contributed by atoms with Crippen LogP contribution in [0.2, 0.25) is 0 Å². The van der Waals surface area contributed by atoms with E-state index in [1.807, 2.05) is 37.3 Å². The third kappa shape index (κ3) is 2.74. The summed E-state index contributed by atoms with van der Waals surface area (Å²) in [6, 6.07) is 9.99. The second kappa shape index (κ2) is 4.34. The van der Waals surface area contributed by atoms with Crippen LogP contribution in [-0.2, 0) is 0 Å². The molecule has 3 nitrogen and oxygen atoms in total. The van der Waals surface area contributed by atoms with Crippen molar-refractivity contribution in [3.63, 3.8) is 0 Å². The van der Waals surface area contributed by atoms with E-state index in [1.54, 1.807) is 20.0 Å². The average molecular weight is 230 g/mol. The zero-order chi connectivity index (χ0) is 12.5. The van der Waals surface area contributed by atoms with Gasteiger partial charge in [-0.1, -0.05) is 18.2 Å². The predicted octanol–water partition coefficient (Wildman–Crippen LogP) is 2.81. The maximum Gasteiger partial charge on any atom is 0.0789 e. The number of para-hydroxylation sites is 1. The highest BCUT2D eigenvalue weighted by molar-refractivity contribution is 5.81. The van der Waals surface area contributed by atoms with Gasteiger partial charge >= 0.3 is 0 Å². The lowest BCUT2D eigenvalue weighted by molar-refractivity contribution is 0.0649. The minimum absolute atomic E-state index is 0.0366. The Labute approximate surface area is 102 Å². The number of anilines is 1. The molecule has 1 aromatic heterocycles. The summed E-state index contributed by atoms with van der Waals surface area (Å²) in [6.07, 6.45) is 1.80. The van der Waals surface area contributed by atoms with Gasteiger partial charge in [-0.3, -0.25) is 4.98 Å². The van der Waals surface area contributed by atoms with Crippen LogP contribution < -0.4 is 5.32 Å². The first kappa shape index (κ1) is 11.9. The minimum atomic E-state index is -0.758. The van der Waals surface area contributed by atoms with Crippen LogP contribution in [0.15, 0.2) is 36.5 Å². The second-order valence-electron chi connectivity index (χ2n) is 4.94. The fraction of sp³-hybridized carbons (Fsp3) is 0.357. The summed E-state index contributed by atoms with van der Waals surface area (Å²) in [7, 11) is 0. The Morgan fingerprint density at radius 3 is 2.71 bits per heavy atom. The van der Waals surface area contributed by atoms with Crippen LogP contribution in [0.3, 0.4) is 0 Å². The van der Waals surface area contributed by atoms with Crippen molar-refractivity contribution in [2.24, 2.45) is 0 Å². The largest absolute Gasteiger partial charge is 0.388 e. The van der Waals surface area contributed by atoms with Crippen molar-refractivity contribution in [3.8, 4) is 0 Å². The molecule has 0 radical (unpaired) electrons. The number of nitrogens with one attached hydrogen (secondary N) is 1. The summed E-state index contributed by atoms with van der Waals surface area (Å²) in [4.78, 5) is 4.37. The van der Waals surface area contributed by atoms with Crippen molar-refractivity contribution in [2.45, 2.75) is 32.4 Å². The number of rotatable bonds is 3. The number of aromatic nitrogens is 1. The van der Waals surface area contributed by atoms with E-state index < -0.39 is 5.60 Å². The summed E-state index contributed by atoms with van der Waals surface area (Å²) in [6.45, 7) is 5.54. The molecule has 2 rings (SSSR count). The second-order valence-corrected chi connectivity index (χ2v) is 4.94. The highest BCUT2D eigenvalue weighted by Gasteiger charge is 2.21. The topological polar surface area (TPSA) is 45.2 Å². The number of pyridine rings is 1. The lowest BCUT2D eigenvalue weighted by atomic mass is 10.0. The van der Waals surface area contributed by atoms with Gasteiger partial charge in [0.05, 0.1) is 29.0 Å². The molecule has 0 amide bonds. The number of fused-ring (bicyclic) bond motifs is 1. The molecule has 1 atom stereocenters. The van der Waals surface area contributed by atoms with E-state index in [4.69, 9.17) is 0 Å². The van der Waals surface area contributed by atoms with E-state index >= 15 is 0 Å². The fourth-order valence-corrected chi connectivity index (χ4v) is 1.58. The van der Waals surface area contributed by atoms with Crippen LogP contribution in [0.4, 0.5) is 5.69 Å². The van der Waals surface area contributed by atoms with E-state index in [0.29, 0.717) is 0 Å². The van der Waals surface area contributed by atoms with Crippen LogP contribution in [0, 0.1) is 0 Å². The van der Waals surface area contributed by atoms with Crippen molar-refractivity contribution in [1.82, 2.24) is 4.98 Å². The molecule has 0 aliphatic carbocycles. The minimum Gasteiger partial charge on any atom is -0.388 e. The van der Waals surface area contributed by atoms with Crippen molar-refractivity contribution in [2.75, 3.05) is 5.32 Å². The van der Waals surface area contributed by atoms with Crippen molar-refractivity contribution >= 4 is 16.6 Å². The lowest BCUT2D eigenvalue weighted by Crippen LogP contribution is -2.39. The number of benzene rings is 1. The van der Waals surface area contributed by atoms with Crippen molar-refractivity contribution in [1.29, 1.82) is 0 Å². The van der Waals surface area contributed by atoms with Crippen LogP contribution in [0.1, 0.15) is 20.8 Å². The van der Waals surface area contributed by atoms with Gasteiger partial charge in [-0.2, -0.15) is 0 Å². The Bertz CT molecular complexity index is 517.